The first kappa shape index (κ1) is 10.7. The molecule has 1 N–H and O–H groups in total. The fourth-order valence-corrected chi connectivity index (χ4v) is 1.69. The molecule has 0 aliphatic heterocycles. The highest BCUT2D eigenvalue weighted by molar-refractivity contribution is 5.36. The van der Waals surface area contributed by atoms with Gasteiger partial charge in [-0.1, -0.05) is 0 Å². The number of nitrogens with zero attached hydrogens (tertiary/aromatic N) is 5. The summed E-state index contributed by atoms with van der Waals surface area (Å²) in [6, 6.07) is 7.22. The molecule has 0 radical (unpaired) electrons. The number of pyridine rings is 1. The van der Waals surface area contributed by atoms with Crippen LogP contribution in [0.1, 0.15) is 5.56 Å². The maximum Gasteiger partial charge on any atom is 0.156 e. The third-order valence-electron chi connectivity index (χ3n) is 2.52. The number of hydrogen-bond acceptors (Lipinski definition) is 4. The molecular weight excluding hydrogens is 230 g/mol. The van der Waals surface area contributed by atoms with E-state index in [9.17, 15) is 5.11 Å². The van der Waals surface area contributed by atoms with Gasteiger partial charge >= 0.3 is 0 Å². The topological polar surface area (TPSA) is 68.8 Å². The molecule has 0 unspecified atom stereocenters. The normalized spacial score (nSPS) is 10.7. The van der Waals surface area contributed by atoms with Crippen LogP contribution in [0.5, 0.6) is 0 Å². The van der Waals surface area contributed by atoms with Crippen molar-refractivity contribution >= 4 is 0 Å². The predicted octanol–water partition coefficient (Wildman–Crippen LogP) is 0.945. The Morgan fingerprint density at radius 2 is 1.50 bits per heavy atom. The molecule has 3 rings (SSSR count). The Labute approximate surface area is 103 Å². The summed E-state index contributed by atoms with van der Waals surface area (Å²) in [6.45, 7) is -0.0505. The van der Waals surface area contributed by atoms with E-state index < -0.39 is 0 Å². The lowest BCUT2D eigenvalue weighted by Gasteiger charge is -2.07. The highest BCUT2D eigenvalue weighted by Crippen LogP contribution is 2.12. The minimum atomic E-state index is -0.0505. The van der Waals surface area contributed by atoms with Crippen molar-refractivity contribution in [3.8, 4) is 11.6 Å². The van der Waals surface area contributed by atoms with Gasteiger partial charge in [0.2, 0.25) is 0 Å². The molecule has 0 atom stereocenters. The number of rotatable bonds is 3. The maximum absolute atomic E-state index is 9.29. The van der Waals surface area contributed by atoms with Gasteiger partial charge in [0, 0.05) is 24.8 Å². The van der Waals surface area contributed by atoms with Crippen molar-refractivity contribution in [3.63, 3.8) is 0 Å². The first-order valence-electron chi connectivity index (χ1n) is 5.49. The van der Waals surface area contributed by atoms with Crippen molar-refractivity contribution in [1.82, 2.24) is 24.5 Å². The summed E-state index contributed by atoms with van der Waals surface area (Å²) in [5.74, 6) is 1.30. The molecule has 90 valence electrons. The zero-order chi connectivity index (χ0) is 12.4. The number of hydrogen-bond donors (Lipinski definition) is 1. The first-order chi connectivity index (χ1) is 8.86. The van der Waals surface area contributed by atoms with E-state index in [1.165, 1.54) is 0 Å². The fourth-order valence-electron chi connectivity index (χ4n) is 1.69. The second-order valence-corrected chi connectivity index (χ2v) is 3.75. The molecule has 0 saturated carbocycles. The van der Waals surface area contributed by atoms with Crippen LogP contribution in [0.3, 0.4) is 0 Å². The van der Waals surface area contributed by atoms with Crippen LogP contribution in [0, 0.1) is 0 Å². The van der Waals surface area contributed by atoms with Crippen LogP contribution < -0.4 is 0 Å². The molecule has 3 heterocycles. The van der Waals surface area contributed by atoms with Crippen molar-refractivity contribution in [2.75, 3.05) is 0 Å². The summed E-state index contributed by atoms with van der Waals surface area (Å²) in [7, 11) is 0. The third kappa shape index (κ3) is 1.89. The van der Waals surface area contributed by atoms with E-state index in [1.807, 2.05) is 12.1 Å². The van der Waals surface area contributed by atoms with Crippen molar-refractivity contribution in [2.45, 2.75) is 6.61 Å². The van der Waals surface area contributed by atoms with Gasteiger partial charge < -0.3 is 5.11 Å². The molecule has 0 fully saturated rings. The van der Waals surface area contributed by atoms with Crippen molar-refractivity contribution in [3.05, 3.63) is 54.6 Å². The second-order valence-electron chi connectivity index (χ2n) is 3.75. The Balaban J connectivity index is 2.13. The van der Waals surface area contributed by atoms with Gasteiger partial charge in [0.25, 0.3) is 0 Å². The van der Waals surface area contributed by atoms with Crippen molar-refractivity contribution in [1.29, 1.82) is 0 Å². The van der Waals surface area contributed by atoms with Gasteiger partial charge in [0.15, 0.2) is 11.6 Å². The van der Waals surface area contributed by atoms with E-state index in [1.54, 1.807) is 46.3 Å². The molecule has 3 aromatic heterocycles. The largest absolute Gasteiger partial charge is 0.392 e. The first-order valence-corrected chi connectivity index (χ1v) is 5.49. The Bertz CT molecular complexity index is 578. The zero-order valence-electron chi connectivity index (χ0n) is 9.51. The highest BCUT2D eigenvalue weighted by atomic mass is 16.3. The van der Waals surface area contributed by atoms with E-state index >= 15 is 0 Å². The van der Waals surface area contributed by atoms with E-state index in [-0.39, 0.29) is 6.61 Å². The summed E-state index contributed by atoms with van der Waals surface area (Å²) in [5, 5.41) is 17.5. The second kappa shape index (κ2) is 4.42. The van der Waals surface area contributed by atoms with Gasteiger partial charge in [0.1, 0.15) is 0 Å². The summed E-state index contributed by atoms with van der Waals surface area (Å²) >= 11 is 0. The molecule has 0 aliphatic carbocycles. The zero-order valence-corrected chi connectivity index (χ0v) is 9.51. The Kier molecular flexibility index (Phi) is 2.62. The van der Waals surface area contributed by atoms with Gasteiger partial charge in [-0.2, -0.15) is 10.2 Å². The highest BCUT2D eigenvalue weighted by Gasteiger charge is 2.06. The molecule has 0 bridgehead atoms. The van der Waals surface area contributed by atoms with Crippen molar-refractivity contribution < 1.29 is 5.11 Å². The number of aromatic nitrogens is 5. The number of aliphatic hydroxyl groups excluding tert-OH is 1. The minimum absolute atomic E-state index is 0.0505. The van der Waals surface area contributed by atoms with Crippen LogP contribution in [0.2, 0.25) is 0 Å². The van der Waals surface area contributed by atoms with Crippen LogP contribution in [-0.2, 0) is 6.61 Å². The molecule has 0 saturated heterocycles. The van der Waals surface area contributed by atoms with Crippen LogP contribution in [0.4, 0.5) is 0 Å². The van der Waals surface area contributed by atoms with E-state index in [4.69, 9.17) is 0 Å². The monoisotopic (exact) mass is 241 g/mol. The lowest BCUT2D eigenvalue weighted by atomic mass is 10.2. The molecule has 0 amide bonds. The Morgan fingerprint density at radius 1 is 0.944 bits per heavy atom. The maximum atomic E-state index is 9.29. The van der Waals surface area contributed by atoms with E-state index in [0.29, 0.717) is 11.6 Å². The summed E-state index contributed by atoms with van der Waals surface area (Å²) < 4.78 is 3.29. The van der Waals surface area contributed by atoms with E-state index in [2.05, 4.69) is 15.2 Å². The standard InChI is InChI=1S/C12H11N5O/c18-9-10-7-11(16-5-1-3-13-16)15-12(8-10)17-6-2-4-14-17/h1-8,18H,9H2. The van der Waals surface area contributed by atoms with Crippen LogP contribution >= 0.6 is 0 Å². The molecule has 6 heteroatoms. The summed E-state index contributed by atoms with van der Waals surface area (Å²) in [6.07, 6.45) is 6.97. The minimum Gasteiger partial charge on any atom is -0.392 e. The van der Waals surface area contributed by atoms with Crippen LogP contribution in [0.25, 0.3) is 11.6 Å². The summed E-state index contributed by atoms with van der Waals surface area (Å²) in [4.78, 5) is 4.46. The molecule has 0 aromatic carbocycles. The van der Waals surface area contributed by atoms with Crippen LogP contribution in [-0.4, -0.2) is 29.7 Å². The predicted molar refractivity (Wildman–Crippen MR) is 64.4 cm³/mol. The third-order valence-corrected chi connectivity index (χ3v) is 2.52. The van der Waals surface area contributed by atoms with Gasteiger partial charge in [-0.25, -0.2) is 14.3 Å². The van der Waals surface area contributed by atoms with Gasteiger partial charge in [-0.15, -0.1) is 0 Å². The van der Waals surface area contributed by atoms with Crippen LogP contribution in [0.15, 0.2) is 49.1 Å². The van der Waals surface area contributed by atoms with E-state index in [0.717, 1.165) is 5.56 Å². The lowest BCUT2D eigenvalue weighted by molar-refractivity contribution is 0.281. The molecular formula is C12H11N5O. The van der Waals surface area contributed by atoms with Gasteiger partial charge in [-0.3, -0.25) is 0 Å². The molecule has 0 spiro atoms. The molecule has 3 aromatic rings. The van der Waals surface area contributed by atoms with Gasteiger partial charge in [0.05, 0.1) is 6.61 Å². The lowest BCUT2D eigenvalue weighted by Crippen LogP contribution is -2.05. The fraction of sp³-hybridized carbons (Fsp3) is 0.0833. The van der Waals surface area contributed by atoms with Crippen molar-refractivity contribution in [2.24, 2.45) is 0 Å². The smallest absolute Gasteiger partial charge is 0.156 e. The molecule has 0 aliphatic rings. The average Bonchev–Trinajstić information content (AvgIpc) is 3.10. The average molecular weight is 241 g/mol. The summed E-state index contributed by atoms with van der Waals surface area (Å²) in [5.41, 5.74) is 0.765. The Morgan fingerprint density at radius 3 is 1.89 bits per heavy atom. The molecule has 18 heavy (non-hydrogen) atoms. The van der Waals surface area contributed by atoms with Gasteiger partial charge in [-0.05, 0) is 29.8 Å². The number of aliphatic hydroxyl groups is 1. The SMILES string of the molecule is OCc1cc(-n2cccn2)nc(-n2cccn2)c1. The Hall–Kier alpha value is -2.47. The molecule has 6 nitrogen and oxygen atoms in total. The quantitative estimate of drug-likeness (QED) is 0.741.